The summed E-state index contributed by atoms with van der Waals surface area (Å²) in [5.74, 6) is 0.555. The molecule has 5 heteroatoms. The van der Waals surface area contributed by atoms with Gasteiger partial charge < -0.3 is 20.1 Å². The average Bonchev–Trinajstić information content (AvgIpc) is 2.70. The minimum atomic E-state index is -0.478. The van der Waals surface area contributed by atoms with Gasteiger partial charge in [-0.05, 0) is 73.3 Å². The standard InChI is InChI=1S/C17H34N2O3/c1-16(2,3)19(15(21)22-17(4,5)6)10-9-18-12-13-7-8-14(20)11-13/h13-14,18,20H,7-12H2,1-6H3. The highest BCUT2D eigenvalue weighted by Gasteiger charge is 2.30. The first-order valence-corrected chi connectivity index (χ1v) is 8.38. The minimum Gasteiger partial charge on any atom is -0.444 e. The van der Waals surface area contributed by atoms with Gasteiger partial charge in [-0.25, -0.2) is 4.79 Å². The predicted molar refractivity (Wildman–Crippen MR) is 88.9 cm³/mol. The summed E-state index contributed by atoms with van der Waals surface area (Å²) in [6.07, 6.45) is 2.50. The quantitative estimate of drug-likeness (QED) is 0.766. The number of amides is 1. The molecule has 2 N–H and O–H groups in total. The molecule has 2 atom stereocenters. The predicted octanol–water partition coefficient (Wildman–Crippen LogP) is 2.77. The molecule has 1 amide bonds. The lowest BCUT2D eigenvalue weighted by Crippen LogP contribution is -2.50. The average molecular weight is 314 g/mol. The number of carbonyl (C=O) groups is 1. The maximum Gasteiger partial charge on any atom is 0.410 e. The zero-order valence-corrected chi connectivity index (χ0v) is 15.1. The summed E-state index contributed by atoms with van der Waals surface area (Å²) < 4.78 is 5.50. The molecule has 1 aliphatic rings. The number of nitrogens with one attached hydrogen (secondary N) is 1. The normalized spacial score (nSPS) is 22.7. The van der Waals surface area contributed by atoms with Crippen LogP contribution in [0.4, 0.5) is 4.79 Å². The lowest BCUT2D eigenvalue weighted by Gasteiger charge is -2.37. The van der Waals surface area contributed by atoms with Crippen LogP contribution in [0.25, 0.3) is 0 Å². The number of aliphatic hydroxyl groups excluding tert-OH is 1. The smallest absolute Gasteiger partial charge is 0.410 e. The van der Waals surface area contributed by atoms with Gasteiger partial charge in [0.15, 0.2) is 0 Å². The fraction of sp³-hybridized carbons (Fsp3) is 0.941. The van der Waals surface area contributed by atoms with Crippen LogP contribution in [0.3, 0.4) is 0 Å². The number of aliphatic hydroxyl groups is 1. The Balaban J connectivity index is 2.40. The molecule has 1 saturated carbocycles. The van der Waals surface area contributed by atoms with Gasteiger partial charge in [-0.2, -0.15) is 0 Å². The third kappa shape index (κ3) is 6.97. The first-order valence-electron chi connectivity index (χ1n) is 8.38. The van der Waals surface area contributed by atoms with Gasteiger partial charge in [0.05, 0.1) is 6.10 Å². The fourth-order valence-electron chi connectivity index (χ4n) is 2.75. The second-order valence-corrected chi connectivity index (χ2v) is 8.34. The second-order valence-electron chi connectivity index (χ2n) is 8.34. The van der Waals surface area contributed by atoms with Crippen LogP contribution in [0, 0.1) is 5.92 Å². The van der Waals surface area contributed by atoms with Crippen molar-refractivity contribution in [2.24, 2.45) is 5.92 Å². The van der Waals surface area contributed by atoms with Crippen LogP contribution in [0.5, 0.6) is 0 Å². The van der Waals surface area contributed by atoms with E-state index in [4.69, 9.17) is 4.74 Å². The van der Waals surface area contributed by atoms with Crippen molar-refractivity contribution >= 4 is 6.09 Å². The summed E-state index contributed by atoms with van der Waals surface area (Å²) in [5.41, 5.74) is -0.748. The number of nitrogens with zero attached hydrogens (tertiary/aromatic N) is 1. The molecular weight excluding hydrogens is 280 g/mol. The summed E-state index contributed by atoms with van der Waals surface area (Å²) in [4.78, 5) is 14.1. The second kappa shape index (κ2) is 7.64. The molecule has 0 spiro atoms. The Kier molecular flexibility index (Phi) is 6.68. The highest BCUT2D eigenvalue weighted by atomic mass is 16.6. The molecule has 0 bridgehead atoms. The monoisotopic (exact) mass is 314 g/mol. The van der Waals surface area contributed by atoms with E-state index in [0.717, 1.165) is 32.4 Å². The number of ether oxygens (including phenoxy) is 1. The van der Waals surface area contributed by atoms with Crippen LogP contribution in [-0.4, -0.2) is 53.0 Å². The van der Waals surface area contributed by atoms with Crippen molar-refractivity contribution < 1.29 is 14.6 Å². The van der Waals surface area contributed by atoms with E-state index in [1.165, 1.54) is 0 Å². The molecule has 0 aromatic rings. The van der Waals surface area contributed by atoms with Gasteiger partial charge in [0.25, 0.3) is 0 Å². The van der Waals surface area contributed by atoms with Gasteiger partial charge in [-0.3, -0.25) is 0 Å². The first kappa shape index (κ1) is 19.2. The molecular formula is C17H34N2O3. The molecule has 1 rings (SSSR count). The first-order chi connectivity index (χ1) is 9.99. The van der Waals surface area contributed by atoms with Crippen molar-refractivity contribution in [3.63, 3.8) is 0 Å². The van der Waals surface area contributed by atoms with E-state index in [1.807, 2.05) is 41.5 Å². The number of hydrogen-bond acceptors (Lipinski definition) is 4. The highest BCUT2D eigenvalue weighted by molar-refractivity contribution is 5.69. The number of rotatable bonds is 5. The Morgan fingerprint density at radius 1 is 1.23 bits per heavy atom. The van der Waals surface area contributed by atoms with Crippen LogP contribution < -0.4 is 5.32 Å². The zero-order chi connectivity index (χ0) is 17.0. The Morgan fingerprint density at radius 3 is 2.32 bits per heavy atom. The van der Waals surface area contributed by atoms with Crippen LogP contribution in [0.1, 0.15) is 60.8 Å². The van der Waals surface area contributed by atoms with E-state index in [9.17, 15) is 9.90 Å². The van der Waals surface area contributed by atoms with Crippen molar-refractivity contribution in [1.29, 1.82) is 0 Å². The number of carbonyl (C=O) groups excluding carboxylic acids is 1. The van der Waals surface area contributed by atoms with Crippen molar-refractivity contribution in [1.82, 2.24) is 10.2 Å². The largest absolute Gasteiger partial charge is 0.444 e. The summed E-state index contributed by atoms with van der Waals surface area (Å²) in [5, 5.41) is 12.9. The molecule has 0 heterocycles. The minimum absolute atomic E-state index is 0.125. The topological polar surface area (TPSA) is 61.8 Å². The van der Waals surface area contributed by atoms with Gasteiger partial charge in [0.1, 0.15) is 5.60 Å². The Bertz CT molecular complexity index is 358. The molecule has 130 valence electrons. The molecule has 22 heavy (non-hydrogen) atoms. The van der Waals surface area contributed by atoms with Gasteiger partial charge >= 0.3 is 6.09 Å². The molecule has 0 saturated heterocycles. The van der Waals surface area contributed by atoms with Crippen LogP contribution in [0.15, 0.2) is 0 Å². The molecule has 1 aliphatic carbocycles. The van der Waals surface area contributed by atoms with Crippen molar-refractivity contribution in [3.8, 4) is 0 Å². The van der Waals surface area contributed by atoms with Crippen LogP contribution in [-0.2, 0) is 4.74 Å². The van der Waals surface area contributed by atoms with E-state index in [1.54, 1.807) is 4.90 Å². The van der Waals surface area contributed by atoms with Gasteiger partial charge in [-0.1, -0.05) is 0 Å². The molecule has 1 fully saturated rings. The maximum absolute atomic E-state index is 12.3. The van der Waals surface area contributed by atoms with E-state index in [2.05, 4.69) is 5.32 Å². The van der Waals surface area contributed by atoms with Gasteiger partial charge in [-0.15, -0.1) is 0 Å². The Labute approximate surface area is 135 Å². The van der Waals surface area contributed by atoms with Crippen molar-refractivity contribution in [2.45, 2.75) is 78.0 Å². The molecule has 0 radical (unpaired) electrons. The summed E-state index contributed by atoms with van der Waals surface area (Å²) in [6.45, 7) is 14.0. The maximum atomic E-state index is 12.3. The third-order valence-corrected chi connectivity index (χ3v) is 3.88. The zero-order valence-electron chi connectivity index (χ0n) is 15.1. The Morgan fingerprint density at radius 2 is 1.86 bits per heavy atom. The molecule has 5 nitrogen and oxygen atoms in total. The van der Waals surface area contributed by atoms with Crippen LogP contribution >= 0.6 is 0 Å². The SMILES string of the molecule is CC(C)(C)OC(=O)N(CCNCC1CCC(O)C1)C(C)(C)C. The van der Waals surface area contributed by atoms with Crippen molar-refractivity contribution in [2.75, 3.05) is 19.6 Å². The van der Waals surface area contributed by atoms with E-state index >= 15 is 0 Å². The summed E-state index contributed by atoms with van der Waals surface area (Å²) >= 11 is 0. The highest BCUT2D eigenvalue weighted by Crippen LogP contribution is 2.24. The van der Waals surface area contributed by atoms with Crippen LogP contribution in [0.2, 0.25) is 0 Å². The van der Waals surface area contributed by atoms with E-state index < -0.39 is 5.60 Å². The fourth-order valence-corrected chi connectivity index (χ4v) is 2.75. The van der Waals surface area contributed by atoms with Crippen molar-refractivity contribution in [3.05, 3.63) is 0 Å². The van der Waals surface area contributed by atoms with E-state index in [-0.39, 0.29) is 17.7 Å². The molecule has 0 aliphatic heterocycles. The lowest BCUT2D eigenvalue weighted by atomic mass is 10.1. The summed E-state index contributed by atoms with van der Waals surface area (Å²) in [6, 6.07) is 0. The van der Waals surface area contributed by atoms with Gasteiger partial charge in [0.2, 0.25) is 0 Å². The molecule has 2 unspecified atom stereocenters. The Hall–Kier alpha value is -0.810. The van der Waals surface area contributed by atoms with Gasteiger partial charge in [0, 0.05) is 18.6 Å². The molecule has 0 aromatic heterocycles. The number of hydrogen-bond donors (Lipinski definition) is 2. The lowest BCUT2D eigenvalue weighted by molar-refractivity contribution is 0.00661. The summed E-state index contributed by atoms with van der Waals surface area (Å²) in [7, 11) is 0. The molecule has 0 aromatic carbocycles. The third-order valence-electron chi connectivity index (χ3n) is 3.88. The van der Waals surface area contributed by atoms with E-state index in [0.29, 0.717) is 12.5 Å².